The lowest BCUT2D eigenvalue weighted by atomic mass is 10.0. The predicted molar refractivity (Wildman–Crippen MR) is 107 cm³/mol. The molecular formula is C17H30N4O7S. The zero-order valence-electron chi connectivity index (χ0n) is 16.7. The number of carbonyl (C=O) groups excluding carboxylic acids is 3. The summed E-state index contributed by atoms with van der Waals surface area (Å²) in [6, 6.07) is -4.35. The first-order chi connectivity index (χ1) is 13.4. The molecule has 0 rings (SSSR count). The van der Waals surface area contributed by atoms with E-state index in [2.05, 4.69) is 28.6 Å². The number of hydrogen-bond donors (Lipinski definition) is 7. The van der Waals surface area contributed by atoms with Gasteiger partial charge in [0, 0.05) is 12.2 Å². The number of amides is 3. The van der Waals surface area contributed by atoms with E-state index in [0.717, 1.165) is 0 Å². The van der Waals surface area contributed by atoms with Crippen LogP contribution in [0.2, 0.25) is 0 Å². The molecule has 0 saturated carbocycles. The zero-order valence-corrected chi connectivity index (χ0v) is 17.6. The van der Waals surface area contributed by atoms with Crippen molar-refractivity contribution in [2.45, 2.75) is 64.2 Å². The van der Waals surface area contributed by atoms with Crippen molar-refractivity contribution < 1.29 is 34.2 Å². The lowest BCUT2D eigenvalue weighted by molar-refractivity contribution is -0.143. The van der Waals surface area contributed by atoms with Crippen molar-refractivity contribution in [3.63, 3.8) is 0 Å². The van der Waals surface area contributed by atoms with Gasteiger partial charge in [-0.05, 0) is 25.7 Å². The minimum atomic E-state index is -1.41. The van der Waals surface area contributed by atoms with E-state index >= 15 is 0 Å². The van der Waals surface area contributed by atoms with Crippen LogP contribution in [0.3, 0.4) is 0 Å². The molecule has 0 aromatic rings. The standard InChI is InChI=1S/C17H30N4O7S/c1-8(2)6-12(16(26)20-11(17(27)28)4-5-13(22)23)21-14(24)9(3)19-15(25)10(18)7-29/h8-12,29H,4-7,18H2,1-3H3,(H,19,25)(H,20,26)(H,21,24)(H,22,23)(H,27,28). The van der Waals surface area contributed by atoms with Crippen LogP contribution in [-0.4, -0.2) is 69.8 Å². The van der Waals surface area contributed by atoms with Crippen molar-refractivity contribution >= 4 is 42.3 Å². The average Bonchev–Trinajstić information content (AvgIpc) is 2.62. The van der Waals surface area contributed by atoms with Crippen LogP contribution < -0.4 is 21.7 Å². The lowest BCUT2D eigenvalue weighted by Crippen LogP contribution is -2.56. The minimum Gasteiger partial charge on any atom is -0.481 e. The van der Waals surface area contributed by atoms with Gasteiger partial charge in [0.25, 0.3) is 0 Å². The summed E-state index contributed by atoms with van der Waals surface area (Å²) in [5.41, 5.74) is 5.53. The third-order valence-electron chi connectivity index (χ3n) is 3.89. The fourth-order valence-corrected chi connectivity index (χ4v) is 2.43. The van der Waals surface area contributed by atoms with Crippen LogP contribution in [-0.2, 0) is 24.0 Å². The highest BCUT2D eigenvalue weighted by atomic mass is 32.1. The summed E-state index contributed by atoms with van der Waals surface area (Å²) in [4.78, 5) is 58.6. The maximum absolute atomic E-state index is 12.5. The van der Waals surface area contributed by atoms with Crippen molar-refractivity contribution in [1.29, 1.82) is 0 Å². The van der Waals surface area contributed by atoms with Crippen LogP contribution in [0.4, 0.5) is 0 Å². The Morgan fingerprint density at radius 3 is 1.90 bits per heavy atom. The molecule has 0 radical (unpaired) electrons. The van der Waals surface area contributed by atoms with E-state index in [-0.39, 0.29) is 24.5 Å². The van der Waals surface area contributed by atoms with Crippen molar-refractivity contribution in [3.05, 3.63) is 0 Å². The average molecular weight is 435 g/mol. The Balaban J connectivity index is 5.11. The largest absolute Gasteiger partial charge is 0.481 e. The monoisotopic (exact) mass is 434 g/mol. The molecule has 11 nitrogen and oxygen atoms in total. The lowest BCUT2D eigenvalue weighted by Gasteiger charge is -2.24. The number of aliphatic carboxylic acids is 2. The molecule has 7 N–H and O–H groups in total. The smallest absolute Gasteiger partial charge is 0.326 e. The van der Waals surface area contributed by atoms with E-state index in [9.17, 15) is 29.1 Å². The Morgan fingerprint density at radius 2 is 1.45 bits per heavy atom. The first-order valence-electron chi connectivity index (χ1n) is 9.11. The summed E-state index contributed by atoms with van der Waals surface area (Å²) in [5.74, 6) is -4.48. The molecule has 0 aromatic heterocycles. The van der Waals surface area contributed by atoms with Gasteiger partial charge in [0.05, 0.1) is 6.04 Å². The Labute approximate surface area is 174 Å². The molecule has 166 valence electrons. The summed E-state index contributed by atoms with van der Waals surface area (Å²) in [5, 5.41) is 25.0. The van der Waals surface area contributed by atoms with E-state index in [1.165, 1.54) is 6.92 Å². The van der Waals surface area contributed by atoms with Crippen LogP contribution in [0.5, 0.6) is 0 Å². The van der Waals surface area contributed by atoms with E-state index in [1.54, 1.807) is 0 Å². The second-order valence-corrected chi connectivity index (χ2v) is 7.41. The normalized spacial score (nSPS) is 15.0. The maximum atomic E-state index is 12.5. The Bertz CT molecular complexity index is 615. The molecule has 0 saturated heterocycles. The predicted octanol–water partition coefficient (Wildman–Crippen LogP) is -1.29. The topological polar surface area (TPSA) is 188 Å². The van der Waals surface area contributed by atoms with Gasteiger partial charge in [-0.15, -0.1) is 0 Å². The van der Waals surface area contributed by atoms with Gasteiger partial charge < -0.3 is 31.9 Å². The first-order valence-corrected chi connectivity index (χ1v) is 9.74. The highest BCUT2D eigenvalue weighted by Crippen LogP contribution is 2.07. The molecule has 29 heavy (non-hydrogen) atoms. The molecule has 0 aliphatic rings. The van der Waals surface area contributed by atoms with Crippen LogP contribution in [0.15, 0.2) is 0 Å². The van der Waals surface area contributed by atoms with E-state index in [4.69, 9.17) is 10.8 Å². The second-order valence-electron chi connectivity index (χ2n) is 7.04. The Hall–Kier alpha value is -2.34. The number of carbonyl (C=O) groups is 5. The zero-order chi connectivity index (χ0) is 22.7. The van der Waals surface area contributed by atoms with Crippen LogP contribution in [0, 0.1) is 5.92 Å². The van der Waals surface area contributed by atoms with Gasteiger partial charge in [-0.25, -0.2) is 4.79 Å². The van der Waals surface area contributed by atoms with E-state index in [0.29, 0.717) is 0 Å². The van der Waals surface area contributed by atoms with Gasteiger partial charge in [0.15, 0.2) is 0 Å². The van der Waals surface area contributed by atoms with Gasteiger partial charge in [0.2, 0.25) is 17.7 Å². The van der Waals surface area contributed by atoms with E-state index in [1.807, 2.05) is 13.8 Å². The van der Waals surface area contributed by atoms with Crippen molar-refractivity contribution in [1.82, 2.24) is 16.0 Å². The molecule has 4 unspecified atom stereocenters. The first kappa shape index (κ1) is 26.7. The van der Waals surface area contributed by atoms with Crippen LogP contribution in [0.25, 0.3) is 0 Å². The maximum Gasteiger partial charge on any atom is 0.326 e. The number of hydrogen-bond acceptors (Lipinski definition) is 7. The molecule has 0 aliphatic carbocycles. The Morgan fingerprint density at radius 1 is 0.897 bits per heavy atom. The van der Waals surface area contributed by atoms with Crippen LogP contribution in [0.1, 0.15) is 40.0 Å². The number of nitrogens with two attached hydrogens (primary N) is 1. The van der Waals surface area contributed by atoms with Gasteiger partial charge in [0.1, 0.15) is 18.1 Å². The number of nitrogens with one attached hydrogen (secondary N) is 3. The van der Waals surface area contributed by atoms with Gasteiger partial charge in [-0.1, -0.05) is 13.8 Å². The molecule has 4 atom stereocenters. The molecule has 0 bridgehead atoms. The SMILES string of the molecule is CC(C)CC(NC(=O)C(C)NC(=O)C(N)CS)C(=O)NC(CCC(=O)O)C(=O)O. The fourth-order valence-electron chi connectivity index (χ4n) is 2.27. The van der Waals surface area contributed by atoms with E-state index < -0.39 is 60.2 Å². The van der Waals surface area contributed by atoms with Gasteiger partial charge in [-0.3, -0.25) is 19.2 Å². The molecule has 0 spiro atoms. The summed E-state index contributed by atoms with van der Waals surface area (Å²) in [6.45, 7) is 5.03. The highest BCUT2D eigenvalue weighted by molar-refractivity contribution is 7.80. The molecular weight excluding hydrogens is 404 g/mol. The Kier molecular flexibility index (Phi) is 11.9. The number of carboxylic acid groups (broad SMARTS) is 2. The number of carboxylic acids is 2. The summed E-state index contributed by atoms with van der Waals surface area (Å²) >= 11 is 3.90. The number of rotatable bonds is 13. The molecule has 0 aromatic carbocycles. The molecule has 0 aliphatic heterocycles. The highest BCUT2D eigenvalue weighted by Gasteiger charge is 2.29. The fraction of sp³-hybridized carbons (Fsp3) is 0.706. The van der Waals surface area contributed by atoms with Gasteiger partial charge in [-0.2, -0.15) is 12.6 Å². The summed E-state index contributed by atoms with van der Waals surface area (Å²) in [7, 11) is 0. The summed E-state index contributed by atoms with van der Waals surface area (Å²) < 4.78 is 0. The van der Waals surface area contributed by atoms with Crippen molar-refractivity contribution in [2.75, 3.05) is 5.75 Å². The van der Waals surface area contributed by atoms with Crippen LogP contribution >= 0.6 is 12.6 Å². The van der Waals surface area contributed by atoms with Crippen molar-refractivity contribution in [3.8, 4) is 0 Å². The summed E-state index contributed by atoms with van der Waals surface area (Å²) in [6.07, 6.45) is -0.528. The molecule has 0 heterocycles. The molecule has 0 fully saturated rings. The third-order valence-corrected chi connectivity index (χ3v) is 4.28. The number of thiol groups is 1. The second kappa shape index (κ2) is 13.0. The van der Waals surface area contributed by atoms with Gasteiger partial charge >= 0.3 is 11.9 Å². The molecule has 3 amide bonds. The third kappa shape index (κ3) is 10.7. The molecule has 12 heteroatoms. The van der Waals surface area contributed by atoms with Crippen molar-refractivity contribution in [2.24, 2.45) is 11.7 Å². The minimum absolute atomic E-state index is 0.0177. The quantitative estimate of drug-likeness (QED) is 0.174.